The third kappa shape index (κ3) is 4.11. The molecule has 0 spiro atoms. The third-order valence-electron chi connectivity index (χ3n) is 2.61. The second-order valence-corrected chi connectivity index (χ2v) is 5.02. The van der Waals surface area contributed by atoms with Gasteiger partial charge in [0.25, 0.3) is 0 Å². The summed E-state index contributed by atoms with van der Waals surface area (Å²) in [4.78, 5) is 24.4. The van der Waals surface area contributed by atoms with Gasteiger partial charge in [0.05, 0.1) is 6.54 Å². The maximum absolute atomic E-state index is 11.6. The van der Waals surface area contributed by atoms with Gasteiger partial charge in [-0.2, -0.15) is 11.8 Å². The quantitative estimate of drug-likeness (QED) is 0.764. The number of carbonyl (C=O) groups excluding carboxylic acids is 2. The topological polar surface area (TPSA) is 49.4 Å². The van der Waals surface area contributed by atoms with E-state index in [9.17, 15) is 9.59 Å². The standard InChI is InChI=1S/C10H18N2O2S/c1-8(15-2)3-5-12-6-4-9(13)11-7-10(12)14/h8H,3-7H2,1-2H3,(H,11,13). The first-order chi connectivity index (χ1) is 7.13. The number of hydrogen-bond acceptors (Lipinski definition) is 3. The molecule has 0 aromatic carbocycles. The van der Waals surface area contributed by atoms with Gasteiger partial charge in [-0.15, -0.1) is 0 Å². The Hall–Kier alpha value is -0.710. The van der Waals surface area contributed by atoms with Crippen molar-refractivity contribution < 1.29 is 9.59 Å². The van der Waals surface area contributed by atoms with Crippen LogP contribution in [0.5, 0.6) is 0 Å². The molecule has 1 rings (SSSR count). The zero-order valence-electron chi connectivity index (χ0n) is 9.28. The van der Waals surface area contributed by atoms with Gasteiger partial charge in [0, 0.05) is 24.8 Å². The zero-order chi connectivity index (χ0) is 11.3. The highest BCUT2D eigenvalue weighted by Gasteiger charge is 2.19. The van der Waals surface area contributed by atoms with E-state index in [0.29, 0.717) is 18.2 Å². The second kappa shape index (κ2) is 6.00. The van der Waals surface area contributed by atoms with Crippen LogP contribution in [0.15, 0.2) is 0 Å². The highest BCUT2D eigenvalue weighted by molar-refractivity contribution is 7.99. The summed E-state index contributed by atoms with van der Waals surface area (Å²) in [6, 6.07) is 0. The Bertz CT molecular complexity index is 246. The van der Waals surface area contributed by atoms with Crippen LogP contribution < -0.4 is 5.32 Å². The Labute approximate surface area is 94.8 Å². The van der Waals surface area contributed by atoms with Crippen LogP contribution in [0.25, 0.3) is 0 Å². The number of thioether (sulfide) groups is 1. The Morgan fingerprint density at radius 3 is 2.93 bits per heavy atom. The summed E-state index contributed by atoms with van der Waals surface area (Å²) < 4.78 is 0. The molecule has 0 aliphatic carbocycles. The number of rotatable bonds is 4. The molecule has 1 fully saturated rings. The van der Waals surface area contributed by atoms with Crippen LogP contribution in [0.2, 0.25) is 0 Å². The van der Waals surface area contributed by atoms with E-state index in [-0.39, 0.29) is 18.4 Å². The fraction of sp³-hybridized carbons (Fsp3) is 0.800. The smallest absolute Gasteiger partial charge is 0.241 e. The van der Waals surface area contributed by atoms with Gasteiger partial charge in [-0.05, 0) is 12.7 Å². The first kappa shape index (κ1) is 12.4. The molecule has 1 saturated heterocycles. The predicted octanol–water partition coefficient (Wildman–Crippen LogP) is 0.476. The van der Waals surface area contributed by atoms with Crippen molar-refractivity contribution in [1.82, 2.24) is 10.2 Å². The van der Waals surface area contributed by atoms with Crippen molar-refractivity contribution in [2.45, 2.75) is 25.0 Å². The van der Waals surface area contributed by atoms with E-state index in [2.05, 4.69) is 18.5 Å². The van der Waals surface area contributed by atoms with Crippen LogP contribution in [-0.2, 0) is 9.59 Å². The summed E-state index contributed by atoms with van der Waals surface area (Å²) >= 11 is 1.80. The minimum Gasteiger partial charge on any atom is -0.347 e. The van der Waals surface area contributed by atoms with Gasteiger partial charge in [-0.3, -0.25) is 9.59 Å². The first-order valence-corrected chi connectivity index (χ1v) is 6.49. The van der Waals surface area contributed by atoms with Gasteiger partial charge >= 0.3 is 0 Å². The van der Waals surface area contributed by atoms with Crippen LogP contribution >= 0.6 is 11.8 Å². The molecule has 1 aliphatic heterocycles. The summed E-state index contributed by atoms with van der Waals surface area (Å²) in [5, 5.41) is 3.15. The van der Waals surface area contributed by atoms with E-state index in [1.54, 1.807) is 16.7 Å². The molecular weight excluding hydrogens is 212 g/mol. The maximum Gasteiger partial charge on any atom is 0.241 e. The summed E-state index contributed by atoms with van der Waals surface area (Å²) in [6.45, 7) is 3.63. The molecular formula is C10H18N2O2S. The van der Waals surface area contributed by atoms with E-state index in [1.165, 1.54) is 0 Å². The lowest BCUT2D eigenvalue weighted by Crippen LogP contribution is -2.36. The van der Waals surface area contributed by atoms with E-state index >= 15 is 0 Å². The molecule has 86 valence electrons. The Balaban J connectivity index is 2.38. The molecule has 15 heavy (non-hydrogen) atoms. The highest BCUT2D eigenvalue weighted by atomic mass is 32.2. The van der Waals surface area contributed by atoms with Gasteiger partial charge in [0.1, 0.15) is 0 Å². The van der Waals surface area contributed by atoms with Crippen molar-refractivity contribution in [2.75, 3.05) is 25.9 Å². The van der Waals surface area contributed by atoms with Gasteiger partial charge in [-0.25, -0.2) is 0 Å². The summed E-state index contributed by atoms with van der Waals surface area (Å²) in [5.74, 6) is 0.0120. The number of hydrogen-bond donors (Lipinski definition) is 1. The fourth-order valence-corrected chi connectivity index (χ4v) is 1.77. The highest BCUT2D eigenvalue weighted by Crippen LogP contribution is 2.11. The number of nitrogens with zero attached hydrogens (tertiary/aromatic N) is 1. The second-order valence-electron chi connectivity index (χ2n) is 3.74. The van der Waals surface area contributed by atoms with Crippen molar-refractivity contribution in [3.63, 3.8) is 0 Å². The zero-order valence-corrected chi connectivity index (χ0v) is 10.1. The molecule has 4 nitrogen and oxygen atoms in total. The van der Waals surface area contributed by atoms with Crippen LogP contribution in [0, 0.1) is 0 Å². The largest absolute Gasteiger partial charge is 0.347 e. The summed E-state index contributed by atoms with van der Waals surface area (Å²) in [6.07, 6.45) is 3.49. The third-order valence-corrected chi connectivity index (χ3v) is 3.65. The molecule has 0 radical (unpaired) electrons. The lowest BCUT2D eigenvalue weighted by Gasteiger charge is -2.21. The van der Waals surface area contributed by atoms with Gasteiger partial charge in [-0.1, -0.05) is 6.92 Å². The normalized spacial score (nSPS) is 19.7. The van der Waals surface area contributed by atoms with Crippen molar-refractivity contribution >= 4 is 23.6 Å². The van der Waals surface area contributed by atoms with E-state index < -0.39 is 0 Å². The monoisotopic (exact) mass is 230 g/mol. The molecule has 1 aliphatic rings. The lowest BCUT2D eigenvalue weighted by molar-refractivity contribution is -0.130. The Kier molecular flexibility index (Phi) is 4.94. The van der Waals surface area contributed by atoms with Crippen molar-refractivity contribution in [1.29, 1.82) is 0 Å². The molecule has 5 heteroatoms. The molecule has 1 atom stereocenters. The maximum atomic E-state index is 11.6. The minimum absolute atomic E-state index is 0.0243. The molecule has 0 bridgehead atoms. The lowest BCUT2D eigenvalue weighted by atomic mass is 10.3. The molecule has 2 amide bonds. The van der Waals surface area contributed by atoms with Gasteiger partial charge in [0.15, 0.2) is 0 Å². The number of carbonyl (C=O) groups is 2. The van der Waals surface area contributed by atoms with E-state index in [1.807, 2.05) is 0 Å². The van der Waals surface area contributed by atoms with Crippen molar-refractivity contribution in [2.24, 2.45) is 0 Å². The average molecular weight is 230 g/mol. The minimum atomic E-state index is -0.0243. The molecule has 0 aromatic heterocycles. The van der Waals surface area contributed by atoms with Gasteiger partial charge in [0.2, 0.25) is 11.8 Å². The van der Waals surface area contributed by atoms with E-state index in [4.69, 9.17) is 0 Å². The Morgan fingerprint density at radius 1 is 1.53 bits per heavy atom. The first-order valence-electron chi connectivity index (χ1n) is 5.20. The number of amides is 2. The molecule has 1 unspecified atom stereocenters. The van der Waals surface area contributed by atoms with Crippen LogP contribution in [-0.4, -0.2) is 47.9 Å². The summed E-state index contributed by atoms with van der Waals surface area (Å²) in [7, 11) is 0. The number of nitrogens with one attached hydrogen (secondary N) is 1. The molecule has 0 saturated carbocycles. The van der Waals surface area contributed by atoms with Crippen LogP contribution in [0.1, 0.15) is 19.8 Å². The fourth-order valence-electron chi connectivity index (χ4n) is 1.43. The molecule has 1 N–H and O–H groups in total. The Morgan fingerprint density at radius 2 is 2.27 bits per heavy atom. The van der Waals surface area contributed by atoms with Crippen LogP contribution in [0.4, 0.5) is 0 Å². The summed E-state index contributed by atoms with van der Waals surface area (Å²) in [5.41, 5.74) is 0. The van der Waals surface area contributed by atoms with Gasteiger partial charge < -0.3 is 10.2 Å². The molecule has 0 aromatic rings. The van der Waals surface area contributed by atoms with Crippen molar-refractivity contribution in [3.8, 4) is 0 Å². The van der Waals surface area contributed by atoms with Crippen LogP contribution in [0.3, 0.4) is 0 Å². The molecule has 1 heterocycles. The van der Waals surface area contributed by atoms with Crippen molar-refractivity contribution in [3.05, 3.63) is 0 Å². The SMILES string of the molecule is CSC(C)CCN1CCC(=O)NCC1=O. The predicted molar refractivity (Wildman–Crippen MR) is 61.8 cm³/mol. The average Bonchev–Trinajstić information content (AvgIpc) is 2.39. The van der Waals surface area contributed by atoms with E-state index in [0.717, 1.165) is 13.0 Å².